The van der Waals surface area contributed by atoms with Crippen LogP contribution in [0.4, 0.5) is 0 Å². The van der Waals surface area contributed by atoms with E-state index in [1.54, 1.807) is 6.07 Å². The highest BCUT2D eigenvalue weighted by atomic mass is 32.2. The number of hydrogen-bond acceptors (Lipinski definition) is 3. The van der Waals surface area contributed by atoms with Crippen molar-refractivity contribution < 1.29 is 13.2 Å². The van der Waals surface area contributed by atoms with Gasteiger partial charge in [-0.3, -0.25) is 4.79 Å². The Hall–Kier alpha value is -1.20. The molecular weight excluding hydrogens is 214 g/mol. The van der Waals surface area contributed by atoms with Gasteiger partial charge in [0.25, 0.3) is 0 Å². The van der Waals surface area contributed by atoms with Crippen molar-refractivity contribution in [1.82, 2.24) is 0 Å². The van der Waals surface area contributed by atoms with Gasteiger partial charge in [-0.25, -0.2) is 13.6 Å². The van der Waals surface area contributed by atoms with Crippen LogP contribution in [-0.4, -0.2) is 20.0 Å². The molecule has 0 bridgehead atoms. The first-order chi connectivity index (χ1) is 6.88. The Morgan fingerprint density at radius 2 is 1.93 bits per heavy atom. The fraction of sp³-hybridized carbons (Fsp3) is 0.300. The lowest BCUT2D eigenvalue weighted by atomic mass is 10.0. The summed E-state index contributed by atoms with van der Waals surface area (Å²) in [7, 11) is -3.71. The molecule has 0 aliphatic heterocycles. The Morgan fingerprint density at radius 1 is 1.33 bits per heavy atom. The maximum Gasteiger partial charge on any atom is 0.216 e. The number of sulfonamides is 1. The van der Waals surface area contributed by atoms with Gasteiger partial charge in [0.2, 0.25) is 10.0 Å². The van der Waals surface area contributed by atoms with Crippen molar-refractivity contribution in [3.05, 3.63) is 35.4 Å². The Balaban J connectivity index is 2.72. The van der Waals surface area contributed by atoms with E-state index in [0.29, 0.717) is 0 Å². The largest absolute Gasteiger partial charge is 0.298 e. The van der Waals surface area contributed by atoms with Crippen LogP contribution >= 0.6 is 0 Å². The number of primary sulfonamides is 1. The number of Topliss-reactive ketones (excluding diaryl/α,β-unsaturated/α-hetero) is 1. The number of hydrogen-bond donors (Lipinski definition) is 1. The van der Waals surface area contributed by atoms with Crippen LogP contribution in [0.5, 0.6) is 0 Å². The monoisotopic (exact) mass is 227 g/mol. The average Bonchev–Trinajstić information content (AvgIpc) is 2.05. The van der Waals surface area contributed by atoms with Gasteiger partial charge in [0.1, 0.15) is 5.75 Å². The number of carbonyl (C=O) groups excluding carboxylic acids is 1. The standard InChI is InChI=1S/C10H13NO3S/c1-8-4-2-3-5-9(8)6-10(12)7-15(11,13)14/h2-5H,6-7H2,1H3,(H2,11,13,14). The van der Waals surface area contributed by atoms with Gasteiger partial charge < -0.3 is 0 Å². The number of aryl methyl sites for hydroxylation is 1. The summed E-state index contributed by atoms with van der Waals surface area (Å²) in [5.41, 5.74) is 1.81. The summed E-state index contributed by atoms with van der Waals surface area (Å²) < 4.78 is 21.3. The molecule has 15 heavy (non-hydrogen) atoms. The van der Waals surface area contributed by atoms with Crippen LogP contribution in [0.3, 0.4) is 0 Å². The highest BCUT2D eigenvalue weighted by Crippen LogP contribution is 2.08. The second kappa shape index (κ2) is 4.55. The Morgan fingerprint density at radius 3 is 2.47 bits per heavy atom. The first-order valence-electron chi connectivity index (χ1n) is 4.45. The molecule has 0 atom stereocenters. The smallest absolute Gasteiger partial charge is 0.216 e. The molecule has 0 amide bonds. The molecule has 0 aromatic heterocycles. The third-order valence-corrected chi connectivity index (χ3v) is 2.74. The quantitative estimate of drug-likeness (QED) is 0.808. The minimum absolute atomic E-state index is 0.114. The van der Waals surface area contributed by atoms with Crippen LogP contribution in [0, 0.1) is 6.92 Å². The van der Waals surface area contributed by atoms with Gasteiger partial charge in [-0.1, -0.05) is 24.3 Å². The highest BCUT2D eigenvalue weighted by molar-refractivity contribution is 7.89. The highest BCUT2D eigenvalue weighted by Gasteiger charge is 2.12. The molecule has 0 saturated carbocycles. The van der Waals surface area contributed by atoms with Crippen molar-refractivity contribution in [2.75, 3.05) is 5.75 Å². The average molecular weight is 227 g/mol. The summed E-state index contributed by atoms with van der Waals surface area (Å²) in [5.74, 6) is -0.978. The fourth-order valence-electron chi connectivity index (χ4n) is 1.30. The third kappa shape index (κ3) is 4.22. The van der Waals surface area contributed by atoms with Gasteiger partial charge in [-0.15, -0.1) is 0 Å². The zero-order chi connectivity index (χ0) is 11.5. The molecular formula is C10H13NO3S. The third-order valence-electron chi connectivity index (χ3n) is 2.01. The summed E-state index contributed by atoms with van der Waals surface area (Å²) >= 11 is 0. The Bertz CT molecular complexity index is 465. The van der Waals surface area contributed by atoms with Crippen molar-refractivity contribution in [3.63, 3.8) is 0 Å². The fourth-order valence-corrected chi connectivity index (χ4v) is 1.85. The predicted octanol–water partition coefficient (Wildman–Crippen LogP) is 0.395. The molecule has 0 spiro atoms. The molecule has 0 radical (unpaired) electrons. The van der Waals surface area contributed by atoms with E-state index in [9.17, 15) is 13.2 Å². The van der Waals surface area contributed by atoms with E-state index in [2.05, 4.69) is 0 Å². The van der Waals surface area contributed by atoms with E-state index >= 15 is 0 Å². The molecule has 1 aromatic rings. The maximum atomic E-state index is 11.3. The molecule has 0 fully saturated rings. The van der Waals surface area contributed by atoms with E-state index in [1.165, 1.54) is 0 Å². The van der Waals surface area contributed by atoms with Crippen molar-refractivity contribution in [3.8, 4) is 0 Å². The first kappa shape index (κ1) is 11.9. The molecule has 0 unspecified atom stereocenters. The SMILES string of the molecule is Cc1ccccc1CC(=O)CS(N)(=O)=O. The lowest BCUT2D eigenvalue weighted by Crippen LogP contribution is -2.24. The molecule has 0 saturated heterocycles. The summed E-state index contributed by atoms with van der Waals surface area (Å²) in [6.45, 7) is 1.87. The summed E-state index contributed by atoms with van der Waals surface area (Å²) in [5, 5.41) is 4.78. The van der Waals surface area contributed by atoms with Gasteiger partial charge >= 0.3 is 0 Å². The number of ketones is 1. The summed E-state index contributed by atoms with van der Waals surface area (Å²) in [4.78, 5) is 11.3. The topological polar surface area (TPSA) is 77.2 Å². The second-order valence-electron chi connectivity index (χ2n) is 3.45. The summed E-state index contributed by atoms with van der Waals surface area (Å²) in [6, 6.07) is 7.35. The minimum Gasteiger partial charge on any atom is -0.298 e. The van der Waals surface area contributed by atoms with Gasteiger partial charge in [-0.05, 0) is 18.1 Å². The first-order valence-corrected chi connectivity index (χ1v) is 6.17. The van der Waals surface area contributed by atoms with Crippen LogP contribution in [0.25, 0.3) is 0 Å². The van der Waals surface area contributed by atoms with E-state index in [0.717, 1.165) is 11.1 Å². The number of carbonyl (C=O) groups is 1. The molecule has 2 N–H and O–H groups in total. The van der Waals surface area contributed by atoms with Crippen molar-refractivity contribution in [2.45, 2.75) is 13.3 Å². The van der Waals surface area contributed by atoms with E-state index in [1.807, 2.05) is 25.1 Å². The van der Waals surface area contributed by atoms with Gasteiger partial charge in [-0.2, -0.15) is 0 Å². The van der Waals surface area contributed by atoms with Crippen LogP contribution in [0.15, 0.2) is 24.3 Å². The molecule has 1 rings (SSSR count). The van der Waals surface area contributed by atoms with E-state index in [-0.39, 0.29) is 12.2 Å². The zero-order valence-electron chi connectivity index (χ0n) is 8.43. The lowest BCUT2D eigenvalue weighted by molar-refractivity contribution is -0.116. The molecule has 1 aromatic carbocycles. The molecule has 5 heteroatoms. The van der Waals surface area contributed by atoms with Crippen LogP contribution in [0.1, 0.15) is 11.1 Å². The van der Waals surface area contributed by atoms with E-state index in [4.69, 9.17) is 5.14 Å². The molecule has 0 aliphatic rings. The Kier molecular flexibility index (Phi) is 3.60. The number of benzene rings is 1. The minimum atomic E-state index is -3.71. The lowest BCUT2D eigenvalue weighted by Gasteiger charge is -2.03. The van der Waals surface area contributed by atoms with Crippen LogP contribution in [-0.2, 0) is 21.2 Å². The van der Waals surface area contributed by atoms with Gasteiger partial charge in [0.05, 0.1) is 0 Å². The van der Waals surface area contributed by atoms with Crippen LogP contribution in [0.2, 0.25) is 0 Å². The van der Waals surface area contributed by atoms with Crippen molar-refractivity contribution in [1.29, 1.82) is 0 Å². The predicted molar refractivity (Wildman–Crippen MR) is 57.9 cm³/mol. The molecule has 4 nitrogen and oxygen atoms in total. The second-order valence-corrected chi connectivity index (χ2v) is 5.06. The molecule has 0 heterocycles. The number of rotatable bonds is 4. The van der Waals surface area contributed by atoms with Gasteiger partial charge in [0.15, 0.2) is 5.78 Å². The normalized spacial score (nSPS) is 11.3. The Labute approximate surface area is 89.2 Å². The van der Waals surface area contributed by atoms with Crippen LogP contribution < -0.4 is 5.14 Å². The van der Waals surface area contributed by atoms with Crippen molar-refractivity contribution >= 4 is 15.8 Å². The van der Waals surface area contributed by atoms with Gasteiger partial charge in [0, 0.05) is 6.42 Å². The van der Waals surface area contributed by atoms with Crippen molar-refractivity contribution in [2.24, 2.45) is 5.14 Å². The zero-order valence-corrected chi connectivity index (χ0v) is 9.25. The summed E-state index contributed by atoms with van der Waals surface area (Å²) in [6.07, 6.45) is 0.114. The molecule has 82 valence electrons. The maximum absolute atomic E-state index is 11.3. The molecule has 0 aliphatic carbocycles. The van der Waals surface area contributed by atoms with E-state index < -0.39 is 15.8 Å². The number of nitrogens with two attached hydrogens (primary N) is 1.